The van der Waals surface area contributed by atoms with Gasteiger partial charge in [0.05, 0.1) is 19.1 Å². The van der Waals surface area contributed by atoms with E-state index in [1.54, 1.807) is 4.90 Å². The lowest BCUT2D eigenvalue weighted by Gasteiger charge is -2.47. The summed E-state index contributed by atoms with van der Waals surface area (Å²) in [7, 11) is 0. The van der Waals surface area contributed by atoms with Gasteiger partial charge in [0.1, 0.15) is 17.3 Å². The van der Waals surface area contributed by atoms with Crippen molar-refractivity contribution in [2.45, 2.75) is 31.2 Å². The summed E-state index contributed by atoms with van der Waals surface area (Å²) in [6.45, 7) is 3.07. The monoisotopic (exact) mass is 351 g/mol. The lowest BCUT2D eigenvalue weighted by atomic mass is 9.76. The average molecular weight is 351 g/mol. The molecule has 1 spiro atoms. The van der Waals surface area contributed by atoms with Crippen LogP contribution in [0, 0.1) is 17.0 Å². The van der Waals surface area contributed by atoms with Gasteiger partial charge < -0.3 is 20.7 Å². The van der Waals surface area contributed by atoms with Crippen molar-refractivity contribution in [2.75, 3.05) is 37.7 Å². The highest BCUT2D eigenvalue weighted by Crippen LogP contribution is 2.41. The molecule has 0 saturated carbocycles. The van der Waals surface area contributed by atoms with Crippen molar-refractivity contribution in [1.29, 1.82) is 0 Å². The molecule has 3 heterocycles. The predicted octanol–water partition coefficient (Wildman–Crippen LogP) is 1.51. The minimum absolute atomic E-state index is 0.0209. The molecular weight excluding hydrogens is 328 g/mol. The fourth-order valence-electron chi connectivity index (χ4n) is 4.17. The molecule has 0 aliphatic carbocycles. The Bertz CT molecular complexity index is 660. The Balaban J connectivity index is 1.54. The van der Waals surface area contributed by atoms with Gasteiger partial charge in [0, 0.05) is 31.1 Å². The number of halogens is 2. The van der Waals surface area contributed by atoms with E-state index in [9.17, 15) is 13.6 Å². The lowest BCUT2D eigenvalue weighted by molar-refractivity contribution is -0.124. The van der Waals surface area contributed by atoms with Gasteiger partial charge in [-0.05, 0) is 37.0 Å². The molecule has 7 heteroatoms. The van der Waals surface area contributed by atoms with E-state index in [0.29, 0.717) is 31.6 Å². The van der Waals surface area contributed by atoms with Gasteiger partial charge in [-0.1, -0.05) is 0 Å². The van der Waals surface area contributed by atoms with Gasteiger partial charge in [-0.3, -0.25) is 4.79 Å². The number of benzene rings is 1. The largest absolute Gasteiger partial charge is 0.380 e. The SMILES string of the molecule is NCC1C[C@@H](c2cc(F)c(N3CCC4(CC3)COC4)c(F)c2)C(=O)N1. The number of anilines is 1. The van der Waals surface area contributed by atoms with Crippen LogP contribution in [0.3, 0.4) is 0 Å². The maximum absolute atomic E-state index is 14.7. The van der Waals surface area contributed by atoms with E-state index in [1.807, 2.05) is 0 Å². The molecule has 3 fully saturated rings. The fraction of sp³-hybridized carbons (Fsp3) is 0.611. The topological polar surface area (TPSA) is 67.6 Å². The van der Waals surface area contributed by atoms with Crippen molar-refractivity contribution >= 4 is 11.6 Å². The summed E-state index contributed by atoms with van der Waals surface area (Å²) >= 11 is 0. The van der Waals surface area contributed by atoms with E-state index < -0.39 is 17.6 Å². The number of nitrogens with zero attached hydrogens (tertiary/aromatic N) is 1. The second kappa shape index (κ2) is 6.21. The Morgan fingerprint density at radius 3 is 2.36 bits per heavy atom. The van der Waals surface area contributed by atoms with Crippen LogP contribution in [-0.4, -0.2) is 44.8 Å². The molecule has 3 aliphatic heterocycles. The van der Waals surface area contributed by atoms with E-state index in [4.69, 9.17) is 10.5 Å². The van der Waals surface area contributed by atoms with E-state index in [1.165, 1.54) is 12.1 Å². The molecule has 0 bridgehead atoms. The molecule has 1 aromatic carbocycles. The highest BCUT2D eigenvalue weighted by molar-refractivity contribution is 5.86. The Labute approximate surface area is 145 Å². The van der Waals surface area contributed by atoms with Crippen LogP contribution in [0.1, 0.15) is 30.7 Å². The van der Waals surface area contributed by atoms with Crippen molar-refractivity contribution in [2.24, 2.45) is 11.1 Å². The Kier molecular flexibility index (Phi) is 4.16. The van der Waals surface area contributed by atoms with Crippen LogP contribution < -0.4 is 16.0 Å². The lowest BCUT2D eigenvalue weighted by Crippen LogP contribution is -2.51. The van der Waals surface area contributed by atoms with Crippen molar-refractivity contribution in [3.63, 3.8) is 0 Å². The van der Waals surface area contributed by atoms with Crippen molar-refractivity contribution in [3.05, 3.63) is 29.3 Å². The number of nitrogens with two attached hydrogens (primary N) is 1. The molecule has 3 aliphatic rings. The molecule has 4 rings (SSSR count). The van der Waals surface area contributed by atoms with Crippen LogP contribution >= 0.6 is 0 Å². The van der Waals surface area contributed by atoms with Gasteiger partial charge in [0.15, 0.2) is 0 Å². The number of carbonyl (C=O) groups is 1. The summed E-state index contributed by atoms with van der Waals surface area (Å²) in [4.78, 5) is 13.8. The third kappa shape index (κ3) is 2.89. The molecule has 1 aromatic rings. The van der Waals surface area contributed by atoms with Crippen molar-refractivity contribution < 1.29 is 18.3 Å². The Morgan fingerprint density at radius 1 is 1.24 bits per heavy atom. The van der Waals surface area contributed by atoms with Crippen LogP contribution in [0.25, 0.3) is 0 Å². The number of hydrogen-bond donors (Lipinski definition) is 2. The number of hydrogen-bond acceptors (Lipinski definition) is 4. The summed E-state index contributed by atoms with van der Waals surface area (Å²) in [6, 6.07) is 2.47. The molecule has 0 radical (unpaired) electrons. The molecule has 0 aromatic heterocycles. The quantitative estimate of drug-likeness (QED) is 0.866. The summed E-state index contributed by atoms with van der Waals surface area (Å²) in [5.41, 5.74) is 6.19. The zero-order chi connectivity index (χ0) is 17.6. The van der Waals surface area contributed by atoms with Crippen molar-refractivity contribution in [1.82, 2.24) is 5.32 Å². The van der Waals surface area contributed by atoms with Gasteiger partial charge >= 0.3 is 0 Å². The molecule has 136 valence electrons. The minimum atomic E-state index is -0.597. The molecule has 25 heavy (non-hydrogen) atoms. The van der Waals surface area contributed by atoms with Gasteiger partial charge in [-0.15, -0.1) is 0 Å². The molecule has 3 N–H and O–H groups in total. The molecule has 5 nitrogen and oxygen atoms in total. The number of piperidine rings is 1. The van der Waals surface area contributed by atoms with Crippen LogP contribution in [0.2, 0.25) is 0 Å². The van der Waals surface area contributed by atoms with Crippen LogP contribution in [0.5, 0.6) is 0 Å². The molecule has 2 atom stereocenters. The highest BCUT2D eigenvalue weighted by atomic mass is 19.1. The summed E-state index contributed by atoms with van der Waals surface area (Å²) in [5, 5.41) is 2.76. The van der Waals surface area contributed by atoms with E-state index >= 15 is 0 Å². The summed E-state index contributed by atoms with van der Waals surface area (Å²) < 4.78 is 34.7. The van der Waals surface area contributed by atoms with Gasteiger partial charge in [-0.25, -0.2) is 8.78 Å². The number of ether oxygens (including phenoxy) is 1. The van der Waals surface area contributed by atoms with Crippen LogP contribution in [0.4, 0.5) is 14.5 Å². The summed E-state index contributed by atoms with van der Waals surface area (Å²) in [6.07, 6.45) is 2.24. The Hall–Kier alpha value is -1.73. The third-order valence-electron chi connectivity index (χ3n) is 5.87. The zero-order valence-electron chi connectivity index (χ0n) is 14.1. The fourth-order valence-corrected chi connectivity index (χ4v) is 4.17. The zero-order valence-corrected chi connectivity index (χ0v) is 14.1. The standard InChI is InChI=1S/C18H23F2N3O2/c19-14-5-11(13-7-12(8-21)22-17(13)24)6-15(20)16(14)23-3-1-18(2-4-23)9-25-10-18/h5-6,12-13H,1-4,7-10,21H2,(H,22,24)/t12?,13-/m0/s1. The minimum Gasteiger partial charge on any atom is -0.380 e. The van der Waals surface area contributed by atoms with Gasteiger partial charge in [0.2, 0.25) is 5.91 Å². The smallest absolute Gasteiger partial charge is 0.227 e. The first-order valence-corrected chi connectivity index (χ1v) is 8.83. The van der Waals surface area contributed by atoms with Crippen LogP contribution in [-0.2, 0) is 9.53 Å². The Morgan fingerprint density at radius 2 is 1.88 bits per heavy atom. The van der Waals surface area contributed by atoms with Crippen molar-refractivity contribution in [3.8, 4) is 0 Å². The normalized spacial score (nSPS) is 28.1. The molecule has 1 unspecified atom stereocenters. The van der Waals surface area contributed by atoms with Crippen LogP contribution in [0.15, 0.2) is 12.1 Å². The second-order valence-electron chi connectivity index (χ2n) is 7.54. The molecule has 3 saturated heterocycles. The summed E-state index contributed by atoms with van der Waals surface area (Å²) in [5.74, 6) is -1.95. The predicted molar refractivity (Wildman–Crippen MR) is 89.4 cm³/mol. The maximum Gasteiger partial charge on any atom is 0.227 e. The average Bonchev–Trinajstić information content (AvgIpc) is 2.94. The third-order valence-corrected chi connectivity index (χ3v) is 5.87. The van der Waals surface area contributed by atoms with E-state index in [-0.39, 0.29) is 23.1 Å². The first kappa shape index (κ1) is 16.7. The maximum atomic E-state index is 14.7. The number of amides is 1. The first-order valence-electron chi connectivity index (χ1n) is 8.83. The highest BCUT2D eigenvalue weighted by Gasteiger charge is 2.42. The van der Waals surface area contributed by atoms with Gasteiger partial charge in [-0.2, -0.15) is 0 Å². The van der Waals surface area contributed by atoms with E-state index in [0.717, 1.165) is 26.1 Å². The molecular formula is C18H23F2N3O2. The number of rotatable bonds is 3. The van der Waals surface area contributed by atoms with Gasteiger partial charge in [0.25, 0.3) is 0 Å². The first-order chi connectivity index (χ1) is 12.0. The second-order valence-corrected chi connectivity index (χ2v) is 7.54. The molecule has 1 amide bonds. The number of nitrogens with one attached hydrogen (secondary N) is 1. The van der Waals surface area contributed by atoms with E-state index in [2.05, 4.69) is 5.32 Å². The number of carbonyl (C=O) groups excluding carboxylic acids is 1.